The standard InChI is InChI=1S/C23H40N4O/c1-19(2)28-16-15-27-13-11-21(12-14-27)26-22(24-5)25-18-23(3,4)17-20-9-7-6-8-10-20/h6-10,19,21H,11-18H2,1-5H3,(H2,24,25,26). The normalized spacial score (nSPS) is 17.1. The number of hydrogen-bond acceptors (Lipinski definition) is 3. The van der Waals surface area contributed by atoms with Crippen LogP contribution in [0.5, 0.6) is 0 Å². The fraction of sp³-hybridized carbons (Fsp3) is 0.696. The van der Waals surface area contributed by atoms with E-state index in [0.717, 1.165) is 58.0 Å². The number of likely N-dealkylation sites (tertiary alicyclic amines) is 1. The molecule has 2 N–H and O–H groups in total. The molecule has 0 amide bonds. The lowest BCUT2D eigenvalue weighted by Gasteiger charge is -2.33. The third kappa shape index (κ3) is 8.61. The predicted octanol–water partition coefficient (Wildman–Crippen LogP) is 3.31. The Bertz CT molecular complexity index is 578. The molecule has 5 heteroatoms. The second-order valence-electron chi connectivity index (χ2n) is 8.93. The largest absolute Gasteiger partial charge is 0.377 e. The summed E-state index contributed by atoms with van der Waals surface area (Å²) in [5, 5.41) is 7.16. The number of ether oxygens (including phenoxy) is 1. The molecule has 1 aliphatic rings. The van der Waals surface area contributed by atoms with Gasteiger partial charge in [-0.3, -0.25) is 4.99 Å². The van der Waals surface area contributed by atoms with Crippen molar-refractivity contribution in [2.75, 3.05) is 39.8 Å². The monoisotopic (exact) mass is 388 g/mol. The number of rotatable bonds is 9. The van der Waals surface area contributed by atoms with Gasteiger partial charge < -0.3 is 20.3 Å². The molecule has 158 valence electrons. The van der Waals surface area contributed by atoms with Gasteiger partial charge in [-0.15, -0.1) is 0 Å². The van der Waals surface area contributed by atoms with E-state index in [1.165, 1.54) is 5.56 Å². The van der Waals surface area contributed by atoms with Crippen molar-refractivity contribution in [2.24, 2.45) is 10.4 Å². The molecule has 1 aromatic rings. The maximum atomic E-state index is 5.67. The average molecular weight is 389 g/mol. The van der Waals surface area contributed by atoms with Crippen molar-refractivity contribution >= 4 is 5.96 Å². The maximum absolute atomic E-state index is 5.67. The first-order valence-electron chi connectivity index (χ1n) is 10.7. The number of nitrogens with zero attached hydrogens (tertiary/aromatic N) is 2. The van der Waals surface area contributed by atoms with Crippen molar-refractivity contribution in [2.45, 2.75) is 59.1 Å². The topological polar surface area (TPSA) is 48.9 Å². The van der Waals surface area contributed by atoms with Crippen LogP contribution in [-0.4, -0.2) is 62.8 Å². The van der Waals surface area contributed by atoms with E-state index in [-0.39, 0.29) is 5.41 Å². The summed E-state index contributed by atoms with van der Waals surface area (Å²) in [6, 6.07) is 11.2. The van der Waals surface area contributed by atoms with Gasteiger partial charge in [0.1, 0.15) is 0 Å². The molecule has 0 radical (unpaired) electrons. The molecule has 0 unspecified atom stereocenters. The second kappa shape index (κ2) is 11.4. The summed E-state index contributed by atoms with van der Waals surface area (Å²) >= 11 is 0. The smallest absolute Gasteiger partial charge is 0.191 e. The molecule has 0 atom stereocenters. The van der Waals surface area contributed by atoms with E-state index in [9.17, 15) is 0 Å². The molecule has 28 heavy (non-hydrogen) atoms. The molecule has 5 nitrogen and oxygen atoms in total. The van der Waals surface area contributed by atoms with Crippen LogP contribution in [0.1, 0.15) is 46.1 Å². The minimum Gasteiger partial charge on any atom is -0.377 e. The van der Waals surface area contributed by atoms with E-state index in [1.807, 2.05) is 7.05 Å². The van der Waals surface area contributed by atoms with Gasteiger partial charge in [-0.2, -0.15) is 0 Å². The van der Waals surface area contributed by atoms with Gasteiger partial charge in [-0.1, -0.05) is 44.2 Å². The molecule has 1 heterocycles. The van der Waals surface area contributed by atoms with Crippen LogP contribution < -0.4 is 10.6 Å². The predicted molar refractivity (Wildman–Crippen MR) is 119 cm³/mol. The van der Waals surface area contributed by atoms with Gasteiger partial charge in [0.25, 0.3) is 0 Å². The van der Waals surface area contributed by atoms with Crippen LogP contribution in [-0.2, 0) is 11.2 Å². The summed E-state index contributed by atoms with van der Waals surface area (Å²) in [5.74, 6) is 0.919. The second-order valence-corrected chi connectivity index (χ2v) is 8.93. The van der Waals surface area contributed by atoms with Crippen molar-refractivity contribution in [3.05, 3.63) is 35.9 Å². The average Bonchev–Trinajstić information content (AvgIpc) is 2.66. The number of guanidine groups is 1. The van der Waals surface area contributed by atoms with E-state index < -0.39 is 0 Å². The molecule has 1 fully saturated rings. The molecule has 0 saturated carbocycles. The zero-order valence-electron chi connectivity index (χ0n) is 18.5. The molecular weight excluding hydrogens is 348 g/mol. The van der Waals surface area contributed by atoms with E-state index in [0.29, 0.717) is 12.1 Å². The lowest BCUT2D eigenvalue weighted by atomic mass is 9.86. The van der Waals surface area contributed by atoms with Crippen LogP contribution in [0.15, 0.2) is 35.3 Å². The Kier molecular flexibility index (Phi) is 9.26. The number of piperidine rings is 1. The van der Waals surface area contributed by atoms with E-state index in [2.05, 4.69) is 78.6 Å². The highest BCUT2D eigenvalue weighted by Gasteiger charge is 2.22. The number of benzene rings is 1. The van der Waals surface area contributed by atoms with Crippen LogP contribution in [0.25, 0.3) is 0 Å². The van der Waals surface area contributed by atoms with Gasteiger partial charge in [-0.25, -0.2) is 0 Å². The summed E-state index contributed by atoms with van der Waals surface area (Å²) in [6.07, 6.45) is 3.67. The van der Waals surface area contributed by atoms with Gasteiger partial charge in [0, 0.05) is 39.3 Å². The summed E-state index contributed by atoms with van der Waals surface area (Å²) < 4.78 is 5.67. The number of aliphatic imine (C=N–C) groups is 1. The number of hydrogen-bond donors (Lipinski definition) is 2. The minimum absolute atomic E-state index is 0.165. The van der Waals surface area contributed by atoms with Gasteiger partial charge in [0.05, 0.1) is 12.7 Å². The van der Waals surface area contributed by atoms with Crippen molar-refractivity contribution in [3.63, 3.8) is 0 Å². The molecule has 1 aliphatic heterocycles. The lowest BCUT2D eigenvalue weighted by molar-refractivity contribution is 0.0532. The fourth-order valence-corrected chi connectivity index (χ4v) is 3.64. The maximum Gasteiger partial charge on any atom is 0.191 e. The molecule has 0 aliphatic carbocycles. The Labute approximate surface area is 171 Å². The lowest BCUT2D eigenvalue weighted by Crippen LogP contribution is -2.50. The van der Waals surface area contributed by atoms with Crippen molar-refractivity contribution in [1.82, 2.24) is 15.5 Å². The third-order valence-electron chi connectivity index (χ3n) is 5.27. The van der Waals surface area contributed by atoms with Crippen LogP contribution in [0.2, 0.25) is 0 Å². The molecule has 0 aromatic heterocycles. The van der Waals surface area contributed by atoms with E-state index in [4.69, 9.17) is 4.74 Å². The zero-order chi connectivity index (χ0) is 20.4. The molecule has 1 saturated heterocycles. The first-order valence-corrected chi connectivity index (χ1v) is 10.7. The van der Waals surface area contributed by atoms with Crippen LogP contribution >= 0.6 is 0 Å². The van der Waals surface area contributed by atoms with Crippen molar-refractivity contribution in [1.29, 1.82) is 0 Å². The minimum atomic E-state index is 0.165. The van der Waals surface area contributed by atoms with Gasteiger partial charge in [0.2, 0.25) is 0 Å². The number of nitrogens with one attached hydrogen (secondary N) is 2. The summed E-state index contributed by atoms with van der Waals surface area (Å²) in [4.78, 5) is 6.94. The molecule has 2 rings (SSSR count). The Hall–Kier alpha value is -1.59. The molecule has 1 aromatic carbocycles. The Morgan fingerprint density at radius 1 is 1.21 bits per heavy atom. The third-order valence-corrected chi connectivity index (χ3v) is 5.27. The van der Waals surface area contributed by atoms with Gasteiger partial charge in [-0.05, 0) is 44.1 Å². The Morgan fingerprint density at radius 2 is 1.89 bits per heavy atom. The van der Waals surface area contributed by atoms with Crippen LogP contribution in [0.3, 0.4) is 0 Å². The quantitative estimate of drug-likeness (QED) is 0.503. The van der Waals surface area contributed by atoms with E-state index >= 15 is 0 Å². The van der Waals surface area contributed by atoms with Crippen LogP contribution in [0.4, 0.5) is 0 Å². The highest BCUT2D eigenvalue weighted by Crippen LogP contribution is 2.20. The van der Waals surface area contributed by atoms with Crippen molar-refractivity contribution in [3.8, 4) is 0 Å². The Balaban J connectivity index is 1.70. The summed E-state index contributed by atoms with van der Waals surface area (Å²) in [7, 11) is 1.86. The summed E-state index contributed by atoms with van der Waals surface area (Å²) in [5.41, 5.74) is 1.55. The summed E-state index contributed by atoms with van der Waals surface area (Å²) in [6.45, 7) is 13.8. The van der Waals surface area contributed by atoms with Gasteiger partial charge in [0.15, 0.2) is 5.96 Å². The highest BCUT2D eigenvalue weighted by atomic mass is 16.5. The van der Waals surface area contributed by atoms with Crippen molar-refractivity contribution < 1.29 is 4.74 Å². The molecule has 0 spiro atoms. The first kappa shape index (κ1) is 22.7. The SMILES string of the molecule is CN=C(NCC(C)(C)Cc1ccccc1)NC1CCN(CCOC(C)C)CC1. The fourth-order valence-electron chi connectivity index (χ4n) is 3.64. The van der Waals surface area contributed by atoms with Crippen LogP contribution in [0, 0.1) is 5.41 Å². The highest BCUT2D eigenvalue weighted by molar-refractivity contribution is 5.80. The molecule has 0 bridgehead atoms. The Morgan fingerprint density at radius 3 is 2.50 bits per heavy atom. The van der Waals surface area contributed by atoms with Gasteiger partial charge >= 0.3 is 0 Å². The first-order chi connectivity index (χ1) is 13.4. The molecular formula is C23H40N4O. The zero-order valence-corrected chi connectivity index (χ0v) is 18.5. The van der Waals surface area contributed by atoms with E-state index in [1.54, 1.807) is 0 Å².